The Kier molecular flexibility index (Phi) is 5.47. The van der Waals surface area contributed by atoms with E-state index in [4.69, 9.17) is 4.74 Å². The molecule has 0 aliphatic heterocycles. The minimum Gasteiger partial charge on any atom is -0.497 e. The van der Waals surface area contributed by atoms with Crippen molar-refractivity contribution < 1.29 is 13.9 Å². The van der Waals surface area contributed by atoms with Crippen molar-refractivity contribution in [2.75, 3.05) is 12.4 Å². The van der Waals surface area contributed by atoms with E-state index in [2.05, 4.69) is 20.8 Å². The quantitative estimate of drug-likeness (QED) is 0.669. The van der Waals surface area contributed by atoms with E-state index in [0.717, 1.165) is 5.69 Å². The monoisotopic (exact) mass is 373 g/mol. The fourth-order valence-corrected chi connectivity index (χ4v) is 2.95. The second kappa shape index (κ2) is 7.96. The van der Waals surface area contributed by atoms with Crippen LogP contribution in [0.5, 0.6) is 5.75 Å². The normalized spacial score (nSPS) is 11.8. The van der Waals surface area contributed by atoms with Gasteiger partial charge in [0.25, 0.3) is 0 Å². The Balaban J connectivity index is 1.72. The van der Waals surface area contributed by atoms with Crippen molar-refractivity contribution in [3.63, 3.8) is 0 Å². The Morgan fingerprint density at radius 3 is 2.65 bits per heavy atom. The fourth-order valence-electron chi connectivity index (χ4n) is 2.15. The maximum Gasteiger partial charge on any atom is 0.237 e. The summed E-state index contributed by atoms with van der Waals surface area (Å²) < 4.78 is 20.3. The number of nitrogens with zero attached hydrogens (tertiary/aromatic N) is 4. The van der Waals surface area contributed by atoms with E-state index >= 15 is 0 Å². The number of aromatic nitrogens is 4. The molecular formula is C17H16FN5O2S. The highest BCUT2D eigenvalue weighted by Crippen LogP contribution is 2.25. The number of hydrogen-bond donors (Lipinski definition) is 1. The Hall–Kier alpha value is -2.94. The lowest BCUT2D eigenvalue weighted by atomic mass is 10.3. The summed E-state index contributed by atoms with van der Waals surface area (Å²) in [6, 6.07) is 13.2. The van der Waals surface area contributed by atoms with Crippen molar-refractivity contribution in [1.82, 2.24) is 20.2 Å². The Labute approximate surface area is 153 Å². The molecule has 134 valence electrons. The molecule has 7 nitrogen and oxygen atoms in total. The first-order valence-electron chi connectivity index (χ1n) is 7.73. The molecule has 0 bridgehead atoms. The van der Waals surface area contributed by atoms with Crippen LogP contribution in [0, 0.1) is 5.82 Å². The Bertz CT molecular complexity index is 900. The van der Waals surface area contributed by atoms with Gasteiger partial charge in [-0.2, -0.15) is 4.68 Å². The molecule has 1 N–H and O–H groups in total. The highest BCUT2D eigenvalue weighted by atomic mass is 32.2. The smallest absolute Gasteiger partial charge is 0.237 e. The molecule has 0 aliphatic rings. The first-order chi connectivity index (χ1) is 12.6. The van der Waals surface area contributed by atoms with Crippen LogP contribution in [0.25, 0.3) is 5.69 Å². The van der Waals surface area contributed by atoms with Gasteiger partial charge in [-0.1, -0.05) is 23.9 Å². The third kappa shape index (κ3) is 3.99. The van der Waals surface area contributed by atoms with Crippen LogP contribution >= 0.6 is 11.8 Å². The van der Waals surface area contributed by atoms with E-state index < -0.39 is 11.1 Å². The number of carbonyl (C=O) groups is 1. The molecule has 26 heavy (non-hydrogen) atoms. The maximum absolute atomic E-state index is 13.7. The van der Waals surface area contributed by atoms with Gasteiger partial charge in [0.15, 0.2) is 0 Å². The Morgan fingerprint density at radius 2 is 1.96 bits per heavy atom. The molecule has 0 spiro atoms. The largest absolute Gasteiger partial charge is 0.497 e. The molecule has 1 atom stereocenters. The van der Waals surface area contributed by atoms with Crippen molar-refractivity contribution in [3.05, 3.63) is 54.3 Å². The first-order valence-corrected chi connectivity index (χ1v) is 8.61. The average molecular weight is 373 g/mol. The molecule has 0 aliphatic carbocycles. The van der Waals surface area contributed by atoms with Gasteiger partial charge in [0.2, 0.25) is 11.1 Å². The predicted octanol–water partition coefficient (Wildman–Crippen LogP) is 2.93. The summed E-state index contributed by atoms with van der Waals surface area (Å²) in [7, 11) is 1.59. The number of para-hydroxylation sites is 1. The Morgan fingerprint density at radius 1 is 1.23 bits per heavy atom. The number of hydrogen-bond acceptors (Lipinski definition) is 6. The first kappa shape index (κ1) is 17.9. The number of ether oxygens (including phenoxy) is 1. The van der Waals surface area contributed by atoms with Gasteiger partial charge in [-0.15, -0.1) is 5.10 Å². The third-order valence-electron chi connectivity index (χ3n) is 3.54. The van der Waals surface area contributed by atoms with E-state index in [1.807, 2.05) is 12.1 Å². The number of methoxy groups -OCH3 is 1. The molecule has 1 aromatic heterocycles. The third-order valence-corrected chi connectivity index (χ3v) is 4.57. The molecular weight excluding hydrogens is 357 g/mol. The molecule has 0 radical (unpaired) electrons. The summed E-state index contributed by atoms with van der Waals surface area (Å²) in [5.74, 6) is -0.112. The van der Waals surface area contributed by atoms with E-state index in [-0.39, 0.29) is 11.6 Å². The van der Waals surface area contributed by atoms with Crippen LogP contribution in [-0.2, 0) is 4.79 Å². The number of nitrogens with one attached hydrogen (secondary N) is 1. The van der Waals surface area contributed by atoms with E-state index in [9.17, 15) is 9.18 Å². The number of carbonyl (C=O) groups excluding carboxylic acids is 1. The lowest BCUT2D eigenvalue weighted by Gasteiger charge is -2.12. The van der Waals surface area contributed by atoms with Crippen LogP contribution in [0.15, 0.2) is 53.7 Å². The second-order valence-corrected chi connectivity index (χ2v) is 6.61. The standard InChI is InChI=1S/C17H16FN5O2S/c1-11(16(24)19-15-6-4-3-5-14(15)18)26-17-20-21-22-23(17)12-7-9-13(25-2)10-8-12/h3-11H,1-2H3,(H,19,24)/t11-/m0/s1. The van der Waals surface area contributed by atoms with Crippen molar-refractivity contribution in [2.45, 2.75) is 17.3 Å². The number of rotatable bonds is 6. The molecule has 0 saturated carbocycles. The van der Waals surface area contributed by atoms with Crippen molar-refractivity contribution in [1.29, 1.82) is 0 Å². The molecule has 0 fully saturated rings. The number of amides is 1. The van der Waals surface area contributed by atoms with Crippen LogP contribution in [0.2, 0.25) is 0 Å². The number of benzene rings is 2. The van der Waals surface area contributed by atoms with Crippen LogP contribution in [0.1, 0.15) is 6.92 Å². The zero-order valence-corrected chi connectivity index (χ0v) is 14.9. The summed E-state index contributed by atoms with van der Waals surface area (Å²) in [5, 5.41) is 14.1. The highest BCUT2D eigenvalue weighted by molar-refractivity contribution is 8.00. The fraction of sp³-hybridized carbons (Fsp3) is 0.176. The molecule has 0 unspecified atom stereocenters. The molecule has 9 heteroatoms. The number of thioether (sulfide) groups is 1. The van der Waals surface area contributed by atoms with Crippen molar-refractivity contribution >= 4 is 23.4 Å². The lowest BCUT2D eigenvalue weighted by Crippen LogP contribution is -2.23. The molecule has 3 aromatic rings. The molecule has 0 saturated heterocycles. The molecule has 3 rings (SSSR count). The zero-order chi connectivity index (χ0) is 18.5. The minimum absolute atomic E-state index is 0.139. The molecule has 1 amide bonds. The lowest BCUT2D eigenvalue weighted by molar-refractivity contribution is -0.115. The summed E-state index contributed by atoms with van der Waals surface area (Å²) >= 11 is 1.18. The summed E-state index contributed by atoms with van der Waals surface area (Å²) in [5.41, 5.74) is 0.875. The molecule has 2 aromatic carbocycles. The van der Waals surface area contributed by atoms with Gasteiger partial charge < -0.3 is 10.1 Å². The van der Waals surface area contributed by atoms with Gasteiger partial charge in [-0.05, 0) is 53.7 Å². The number of tetrazole rings is 1. The predicted molar refractivity (Wildman–Crippen MR) is 96.1 cm³/mol. The molecule has 1 heterocycles. The van der Waals surface area contributed by atoms with Crippen LogP contribution in [0.4, 0.5) is 10.1 Å². The van der Waals surface area contributed by atoms with Gasteiger partial charge in [0, 0.05) is 0 Å². The van der Waals surface area contributed by atoms with Crippen LogP contribution in [0.3, 0.4) is 0 Å². The van der Waals surface area contributed by atoms with E-state index in [1.165, 1.54) is 28.6 Å². The SMILES string of the molecule is COc1ccc(-n2nnnc2S[C@@H](C)C(=O)Nc2ccccc2F)cc1. The van der Waals surface area contributed by atoms with E-state index in [0.29, 0.717) is 10.9 Å². The average Bonchev–Trinajstić information content (AvgIpc) is 3.11. The van der Waals surface area contributed by atoms with Crippen molar-refractivity contribution in [2.24, 2.45) is 0 Å². The minimum atomic E-state index is -0.530. The second-order valence-electron chi connectivity index (χ2n) is 5.30. The van der Waals surface area contributed by atoms with Gasteiger partial charge in [-0.3, -0.25) is 4.79 Å². The van der Waals surface area contributed by atoms with Crippen molar-refractivity contribution in [3.8, 4) is 11.4 Å². The highest BCUT2D eigenvalue weighted by Gasteiger charge is 2.20. The van der Waals surface area contributed by atoms with Gasteiger partial charge in [0.1, 0.15) is 11.6 Å². The summed E-state index contributed by atoms with van der Waals surface area (Å²) in [6.45, 7) is 1.70. The van der Waals surface area contributed by atoms with Crippen LogP contribution in [-0.4, -0.2) is 38.5 Å². The zero-order valence-electron chi connectivity index (χ0n) is 14.1. The van der Waals surface area contributed by atoms with Gasteiger partial charge >= 0.3 is 0 Å². The summed E-state index contributed by atoms with van der Waals surface area (Å²) in [4.78, 5) is 12.3. The van der Waals surface area contributed by atoms with Crippen LogP contribution < -0.4 is 10.1 Å². The summed E-state index contributed by atoms with van der Waals surface area (Å²) in [6.07, 6.45) is 0. The topological polar surface area (TPSA) is 81.9 Å². The number of anilines is 1. The maximum atomic E-state index is 13.7. The number of halogens is 1. The van der Waals surface area contributed by atoms with Gasteiger partial charge in [0.05, 0.1) is 23.7 Å². The van der Waals surface area contributed by atoms with E-state index in [1.54, 1.807) is 38.3 Å². The van der Waals surface area contributed by atoms with Gasteiger partial charge in [-0.25, -0.2) is 4.39 Å².